The number of aliphatic hydroxyl groups is 1. The number of hydrogen-bond donors (Lipinski definition) is 1. The molecule has 4 atom stereocenters. The monoisotopic (exact) mass is 246 g/mol. The molecule has 0 spiro atoms. The van der Waals surface area contributed by atoms with E-state index in [4.69, 9.17) is 14.2 Å². The number of hydrogen-bond acceptors (Lipinski definition) is 4. The third kappa shape index (κ3) is 5.34. The molecule has 4 heteroatoms. The Bertz CT molecular complexity index is 186. The second-order valence-electron chi connectivity index (χ2n) is 5.06. The van der Waals surface area contributed by atoms with E-state index >= 15 is 0 Å². The topological polar surface area (TPSA) is 47.9 Å². The fraction of sp³-hybridized carbons (Fsp3) is 1.00. The van der Waals surface area contributed by atoms with E-state index in [-0.39, 0.29) is 12.2 Å². The molecule has 1 N–H and O–H groups in total. The van der Waals surface area contributed by atoms with Crippen molar-refractivity contribution in [1.29, 1.82) is 0 Å². The standard InChI is InChI=1S/C13H26O4/c1-10-8-11(2)13(12(14)9-10)17-7-6-16-5-4-15-3/h10-14H,4-9H2,1-3H3. The van der Waals surface area contributed by atoms with E-state index in [1.807, 2.05) is 0 Å². The highest BCUT2D eigenvalue weighted by atomic mass is 16.5. The van der Waals surface area contributed by atoms with Gasteiger partial charge in [0.05, 0.1) is 38.6 Å². The van der Waals surface area contributed by atoms with Crippen molar-refractivity contribution in [3.63, 3.8) is 0 Å². The van der Waals surface area contributed by atoms with Crippen LogP contribution in [-0.2, 0) is 14.2 Å². The van der Waals surface area contributed by atoms with Gasteiger partial charge in [-0.1, -0.05) is 13.8 Å². The van der Waals surface area contributed by atoms with Crippen LogP contribution >= 0.6 is 0 Å². The summed E-state index contributed by atoms with van der Waals surface area (Å²) in [4.78, 5) is 0. The van der Waals surface area contributed by atoms with Crippen molar-refractivity contribution in [3.05, 3.63) is 0 Å². The van der Waals surface area contributed by atoms with Crippen LogP contribution in [0.2, 0.25) is 0 Å². The molecular formula is C13H26O4. The van der Waals surface area contributed by atoms with Crippen LogP contribution in [0.1, 0.15) is 26.7 Å². The molecule has 0 saturated heterocycles. The summed E-state index contributed by atoms with van der Waals surface area (Å²) in [5.74, 6) is 1.02. The molecule has 4 nitrogen and oxygen atoms in total. The van der Waals surface area contributed by atoms with Gasteiger partial charge in [0.2, 0.25) is 0 Å². The molecule has 1 aliphatic carbocycles. The number of rotatable bonds is 7. The van der Waals surface area contributed by atoms with Crippen molar-refractivity contribution < 1.29 is 19.3 Å². The molecule has 0 heterocycles. The van der Waals surface area contributed by atoms with Gasteiger partial charge in [0.25, 0.3) is 0 Å². The van der Waals surface area contributed by atoms with Crippen molar-refractivity contribution in [3.8, 4) is 0 Å². The van der Waals surface area contributed by atoms with Gasteiger partial charge in [-0.25, -0.2) is 0 Å². The lowest BCUT2D eigenvalue weighted by atomic mass is 9.79. The summed E-state index contributed by atoms with van der Waals surface area (Å²) < 4.78 is 15.9. The lowest BCUT2D eigenvalue weighted by Crippen LogP contribution is -2.41. The van der Waals surface area contributed by atoms with Crippen molar-refractivity contribution in [2.45, 2.75) is 38.9 Å². The Morgan fingerprint density at radius 3 is 2.41 bits per heavy atom. The Hall–Kier alpha value is -0.160. The van der Waals surface area contributed by atoms with E-state index in [9.17, 15) is 5.11 Å². The van der Waals surface area contributed by atoms with Gasteiger partial charge in [-0.3, -0.25) is 0 Å². The van der Waals surface area contributed by atoms with E-state index < -0.39 is 0 Å². The molecule has 102 valence electrons. The van der Waals surface area contributed by atoms with E-state index in [1.54, 1.807) is 7.11 Å². The van der Waals surface area contributed by atoms with Crippen molar-refractivity contribution in [2.24, 2.45) is 11.8 Å². The number of ether oxygens (including phenoxy) is 3. The first-order valence-electron chi connectivity index (χ1n) is 6.51. The third-order valence-corrected chi connectivity index (χ3v) is 3.33. The summed E-state index contributed by atoms with van der Waals surface area (Å²) in [7, 11) is 1.65. The van der Waals surface area contributed by atoms with E-state index in [2.05, 4.69) is 13.8 Å². The van der Waals surface area contributed by atoms with Crippen molar-refractivity contribution >= 4 is 0 Å². The summed E-state index contributed by atoms with van der Waals surface area (Å²) >= 11 is 0. The van der Waals surface area contributed by atoms with Gasteiger partial charge < -0.3 is 19.3 Å². The zero-order valence-electron chi connectivity index (χ0n) is 11.2. The Kier molecular flexibility index (Phi) is 7.04. The zero-order valence-corrected chi connectivity index (χ0v) is 11.2. The largest absolute Gasteiger partial charge is 0.390 e. The molecule has 1 fully saturated rings. The molecule has 0 radical (unpaired) electrons. The second-order valence-corrected chi connectivity index (χ2v) is 5.06. The van der Waals surface area contributed by atoms with Crippen LogP contribution in [0, 0.1) is 11.8 Å². The minimum Gasteiger partial charge on any atom is -0.390 e. The molecule has 1 aliphatic rings. The van der Waals surface area contributed by atoms with Gasteiger partial charge in [-0.2, -0.15) is 0 Å². The molecule has 1 rings (SSSR count). The Morgan fingerprint density at radius 1 is 1.06 bits per heavy atom. The first-order valence-corrected chi connectivity index (χ1v) is 6.51. The van der Waals surface area contributed by atoms with E-state index in [0.717, 1.165) is 12.8 Å². The normalized spacial score (nSPS) is 33.9. The summed E-state index contributed by atoms with van der Waals surface area (Å²) in [6.07, 6.45) is 1.62. The minimum absolute atomic E-state index is 0.0303. The molecule has 0 aromatic heterocycles. The highest BCUT2D eigenvalue weighted by Gasteiger charge is 2.33. The van der Waals surface area contributed by atoms with Gasteiger partial charge in [-0.05, 0) is 24.7 Å². The molecule has 17 heavy (non-hydrogen) atoms. The SMILES string of the molecule is COCCOCCOC1C(C)CC(C)CC1O. The summed E-state index contributed by atoms with van der Waals surface area (Å²) in [6, 6.07) is 0. The maximum atomic E-state index is 9.96. The van der Waals surface area contributed by atoms with E-state index in [1.165, 1.54) is 0 Å². The van der Waals surface area contributed by atoms with Gasteiger partial charge in [0.15, 0.2) is 0 Å². The fourth-order valence-corrected chi connectivity index (χ4v) is 2.55. The summed E-state index contributed by atoms with van der Waals surface area (Å²) in [5.41, 5.74) is 0. The van der Waals surface area contributed by atoms with Crippen LogP contribution in [0.5, 0.6) is 0 Å². The Morgan fingerprint density at radius 2 is 1.76 bits per heavy atom. The fourth-order valence-electron chi connectivity index (χ4n) is 2.55. The molecule has 1 saturated carbocycles. The number of aliphatic hydroxyl groups excluding tert-OH is 1. The molecular weight excluding hydrogens is 220 g/mol. The molecule has 4 unspecified atom stereocenters. The predicted molar refractivity (Wildman–Crippen MR) is 66.0 cm³/mol. The maximum absolute atomic E-state index is 9.96. The van der Waals surface area contributed by atoms with Crippen molar-refractivity contribution in [2.75, 3.05) is 33.5 Å². The minimum atomic E-state index is -0.326. The maximum Gasteiger partial charge on any atom is 0.0860 e. The first kappa shape index (κ1) is 14.9. The highest BCUT2D eigenvalue weighted by molar-refractivity contribution is 4.83. The van der Waals surface area contributed by atoms with Gasteiger partial charge in [0.1, 0.15) is 0 Å². The van der Waals surface area contributed by atoms with Crippen LogP contribution in [0.15, 0.2) is 0 Å². The summed E-state index contributed by atoms with van der Waals surface area (Å²) in [5, 5.41) is 9.96. The quantitative estimate of drug-likeness (QED) is 0.691. The van der Waals surface area contributed by atoms with Crippen LogP contribution in [0.3, 0.4) is 0 Å². The number of methoxy groups -OCH3 is 1. The average molecular weight is 246 g/mol. The first-order chi connectivity index (χ1) is 8.15. The zero-order chi connectivity index (χ0) is 12.7. The molecule has 0 aromatic rings. The third-order valence-electron chi connectivity index (χ3n) is 3.33. The smallest absolute Gasteiger partial charge is 0.0860 e. The van der Waals surface area contributed by atoms with E-state index in [0.29, 0.717) is 38.3 Å². The van der Waals surface area contributed by atoms with Gasteiger partial charge in [-0.15, -0.1) is 0 Å². The second kappa shape index (κ2) is 8.03. The lowest BCUT2D eigenvalue weighted by Gasteiger charge is -2.36. The van der Waals surface area contributed by atoms with Crippen LogP contribution in [-0.4, -0.2) is 50.9 Å². The van der Waals surface area contributed by atoms with Gasteiger partial charge in [0, 0.05) is 7.11 Å². The molecule has 0 aliphatic heterocycles. The highest BCUT2D eigenvalue weighted by Crippen LogP contribution is 2.30. The van der Waals surface area contributed by atoms with Crippen LogP contribution < -0.4 is 0 Å². The molecule has 0 aromatic carbocycles. The summed E-state index contributed by atoms with van der Waals surface area (Å²) in [6.45, 7) is 6.65. The predicted octanol–water partition coefficient (Wildman–Crippen LogP) is 1.46. The average Bonchev–Trinajstić information content (AvgIpc) is 2.26. The Labute approximate surface area is 104 Å². The molecule has 0 amide bonds. The Balaban J connectivity index is 2.13. The van der Waals surface area contributed by atoms with Gasteiger partial charge >= 0.3 is 0 Å². The van der Waals surface area contributed by atoms with Crippen LogP contribution in [0.25, 0.3) is 0 Å². The lowest BCUT2D eigenvalue weighted by molar-refractivity contribution is -0.107. The van der Waals surface area contributed by atoms with Crippen LogP contribution in [0.4, 0.5) is 0 Å². The van der Waals surface area contributed by atoms with Crippen molar-refractivity contribution in [1.82, 2.24) is 0 Å². The molecule has 0 bridgehead atoms.